The van der Waals surface area contributed by atoms with Crippen LogP contribution in [0.2, 0.25) is 5.02 Å². The van der Waals surface area contributed by atoms with Crippen LogP contribution in [0, 0.1) is 5.41 Å². The number of rotatable bonds is 3. The molecule has 1 spiro atoms. The number of nitrogens with two attached hydrogens (primary N) is 1. The topological polar surface area (TPSA) is 84.2 Å². The summed E-state index contributed by atoms with van der Waals surface area (Å²) in [6.07, 6.45) is 4.90. The Morgan fingerprint density at radius 2 is 2.12 bits per heavy atom. The second kappa shape index (κ2) is 7.13. The van der Waals surface area contributed by atoms with Crippen LogP contribution in [0.25, 0.3) is 0 Å². The number of nitrogens with zero attached hydrogens (tertiary/aromatic N) is 2. The van der Waals surface area contributed by atoms with E-state index in [1.807, 2.05) is 12.1 Å². The summed E-state index contributed by atoms with van der Waals surface area (Å²) in [5, 5.41) is 1.13. The summed E-state index contributed by atoms with van der Waals surface area (Å²) >= 11 is 7.57. The third-order valence-electron chi connectivity index (χ3n) is 5.27. The summed E-state index contributed by atoms with van der Waals surface area (Å²) < 4.78 is 5.57. The number of piperidine rings is 1. The molecular weight excluding hydrogens is 372 g/mol. The normalized spacial score (nSPS) is 19.2. The summed E-state index contributed by atoms with van der Waals surface area (Å²) in [4.78, 5) is 22.7. The molecule has 0 aliphatic carbocycles. The minimum Gasteiger partial charge on any atom is -0.397 e. The highest BCUT2D eigenvalue weighted by molar-refractivity contribution is 7.99. The van der Waals surface area contributed by atoms with E-state index in [1.165, 1.54) is 11.8 Å². The Kier molecular flexibility index (Phi) is 4.86. The predicted molar refractivity (Wildman–Crippen MR) is 104 cm³/mol. The summed E-state index contributed by atoms with van der Waals surface area (Å²) in [5.41, 5.74) is 6.48. The molecule has 3 N–H and O–H groups in total. The fourth-order valence-electron chi connectivity index (χ4n) is 3.62. The maximum absolute atomic E-state index is 12.5. The lowest BCUT2D eigenvalue weighted by molar-refractivity contribution is 0.133. The van der Waals surface area contributed by atoms with Gasteiger partial charge in [-0.05, 0) is 36.8 Å². The molecule has 0 atom stereocenters. The summed E-state index contributed by atoms with van der Waals surface area (Å²) in [7, 11) is 0. The van der Waals surface area contributed by atoms with Gasteiger partial charge in [-0.2, -0.15) is 0 Å². The molecule has 8 heteroatoms. The quantitative estimate of drug-likeness (QED) is 0.780. The first kappa shape index (κ1) is 17.7. The van der Waals surface area contributed by atoms with Crippen LogP contribution < -0.4 is 16.2 Å². The Labute approximate surface area is 161 Å². The Morgan fingerprint density at radius 3 is 2.81 bits per heavy atom. The van der Waals surface area contributed by atoms with E-state index in [4.69, 9.17) is 22.1 Å². The van der Waals surface area contributed by atoms with Crippen molar-refractivity contribution in [3.63, 3.8) is 0 Å². The molecular formula is C18H21ClN4O2S. The SMILES string of the molecule is Nc1cccc(Sc2cnc(N3CCC4(CCOC4)CC3)c(=O)[nH]2)c1Cl. The highest BCUT2D eigenvalue weighted by atomic mass is 35.5. The van der Waals surface area contributed by atoms with E-state index >= 15 is 0 Å². The Bertz CT molecular complexity index is 857. The van der Waals surface area contributed by atoms with Crippen molar-refractivity contribution in [3.05, 3.63) is 39.8 Å². The van der Waals surface area contributed by atoms with Crippen LogP contribution >= 0.6 is 23.4 Å². The number of ether oxygens (including phenoxy) is 1. The predicted octanol–water partition coefficient (Wildman–Crippen LogP) is 3.16. The van der Waals surface area contributed by atoms with Crippen LogP contribution in [0.1, 0.15) is 19.3 Å². The third-order valence-corrected chi connectivity index (χ3v) is 6.79. The number of anilines is 2. The molecule has 138 valence electrons. The third kappa shape index (κ3) is 3.43. The van der Waals surface area contributed by atoms with Crippen molar-refractivity contribution < 1.29 is 4.74 Å². The zero-order valence-electron chi connectivity index (χ0n) is 14.3. The fraction of sp³-hybridized carbons (Fsp3) is 0.444. The average molecular weight is 393 g/mol. The maximum atomic E-state index is 12.5. The molecule has 0 amide bonds. The molecule has 1 aromatic carbocycles. The van der Waals surface area contributed by atoms with Gasteiger partial charge in [0, 0.05) is 24.6 Å². The molecule has 2 aromatic rings. The van der Waals surface area contributed by atoms with Crippen LogP contribution in [0.4, 0.5) is 11.5 Å². The van der Waals surface area contributed by atoms with Crippen molar-refractivity contribution in [2.75, 3.05) is 36.9 Å². The minimum absolute atomic E-state index is 0.173. The van der Waals surface area contributed by atoms with E-state index in [0.29, 0.717) is 27.0 Å². The Balaban J connectivity index is 1.48. The van der Waals surface area contributed by atoms with E-state index in [2.05, 4.69) is 14.9 Å². The zero-order chi connectivity index (χ0) is 18.1. The summed E-state index contributed by atoms with van der Waals surface area (Å²) in [5.74, 6) is 0.488. The van der Waals surface area contributed by atoms with Crippen LogP contribution in [0.3, 0.4) is 0 Å². The number of H-pyrrole nitrogens is 1. The number of hydrogen-bond acceptors (Lipinski definition) is 6. The molecule has 6 nitrogen and oxygen atoms in total. The van der Waals surface area contributed by atoms with Gasteiger partial charge in [0.05, 0.1) is 28.5 Å². The van der Waals surface area contributed by atoms with Gasteiger partial charge < -0.3 is 20.4 Å². The molecule has 2 saturated heterocycles. The number of nitrogens with one attached hydrogen (secondary N) is 1. The van der Waals surface area contributed by atoms with Gasteiger partial charge in [-0.15, -0.1) is 0 Å². The zero-order valence-corrected chi connectivity index (χ0v) is 15.9. The minimum atomic E-state index is -0.173. The van der Waals surface area contributed by atoms with E-state index < -0.39 is 0 Å². The Morgan fingerprint density at radius 1 is 1.31 bits per heavy atom. The average Bonchev–Trinajstić information content (AvgIpc) is 3.08. The first-order valence-electron chi connectivity index (χ1n) is 8.70. The number of nitrogen functional groups attached to an aromatic ring is 1. The summed E-state index contributed by atoms with van der Waals surface area (Å²) in [6, 6.07) is 5.44. The molecule has 26 heavy (non-hydrogen) atoms. The van der Waals surface area contributed by atoms with Gasteiger partial charge in [0.25, 0.3) is 5.56 Å². The first-order chi connectivity index (χ1) is 12.6. The van der Waals surface area contributed by atoms with Crippen molar-refractivity contribution in [3.8, 4) is 0 Å². The second-order valence-electron chi connectivity index (χ2n) is 6.95. The maximum Gasteiger partial charge on any atom is 0.291 e. The van der Waals surface area contributed by atoms with Crippen LogP contribution in [0.15, 0.2) is 39.1 Å². The van der Waals surface area contributed by atoms with Gasteiger partial charge in [-0.25, -0.2) is 4.98 Å². The van der Waals surface area contributed by atoms with Crippen molar-refractivity contribution in [1.29, 1.82) is 0 Å². The van der Waals surface area contributed by atoms with Crippen molar-refractivity contribution >= 4 is 34.9 Å². The second-order valence-corrected chi connectivity index (χ2v) is 8.41. The number of benzene rings is 1. The largest absolute Gasteiger partial charge is 0.397 e. The molecule has 0 unspecified atom stereocenters. The number of hydrogen-bond donors (Lipinski definition) is 2. The molecule has 2 fully saturated rings. The van der Waals surface area contributed by atoms with Gasteiger partial charge in [-0.1, -0.05) is 29.4 Å². The van der Waals surface area contributed by atoms with E-state index in [9.17, 15) is 4.79 Å². The monoisotopic (exact) mass is 392 g/mol. The van der Waals surface area contributed by atoms with Gasteiger partial charge >= 0.3 is 0 Å². The lowest BCUT2D eigenvalue weighted by Gasteiger charge is -2.38. The molecule has 2 aliphatic rings. The smallest absolute Gasteiger partial charge is 0.291 e. The molecule has 3 heterocycles. The number of aromatic nitrogens is 2. The molecule has 0 radical (unpaired) electrons. The highest BCUT2D eigenvalue weighted by Crippen LogP contribution is 2.39. The highest BCUT2D eigenvalue weighted by Gasteiger charge is 2.38. The molecule has 4 rings (SSSR count). The van der Waals surface area contributed by atoms with Crippen molar-refractivity contribution in [1.82, 2.24) is 9.97 Å². The number of halogens is 1. The van der Waals surface area contributed by atoms with E-state index in [0.717, 1.165) is 50.5 Å². The molecule has 0 bridgehead atoms. The van der Waals surface area contributed by atoms with Gasteiger partial charge in [0.2, 0.25) is 0 Å². The molecule has 1 aromatic heterocycles. The van der Waals surface area contributed by atoms with E-state index in [1.54, 1.807) is 12.3 Å². The Hall–Kier alpha value is -1.70. The summed E-state index contributed by atoms with van der Waals surface area (Å²) in [6.45, 7) is 3.39. The van der Waals surface area contributed by atoms with Crippen LogP contribution in [0.5, 0.6) is 0 Å². The van der Waals surface area contributed by atoms with Crippen molar-refractivity contribution in [2.45, 2.75) is 29.2 Å². The fourth-order valence-corrected chi connectivity index (χ4v) is 4.70. The van der Waals surface area contributed by atoms with Crippen LogP contribution in [-0.4, -0.2) is 36.3 Å². The molecule has 0 saturated carbocycles. The number of aromatic amines is 1. The standard InChI is InChI=1S/C18H21ClN4O2S/c19-15-12(20)2-1-3-13(15)26-14-10-21-16(17(24)22-14)23-7-4-18(5-8-23)6-9-25-11-18/h1-3,10H,4-9,11,20H2,(H,22,24). The van der Waals surface area contributed by atoms with Gasteiger partial charge in [-0.3, -0.25) is 4.79 Å². The lowest BCUT2D eigenvalue weighted by atomic mass is 9.78. The van der Waals surface area contributed by atoms with Gasteiger partial charge in [0.15, 0.2) is 5.82 Å². The lowest BCUT2D eigenvalue weighted by Crippen LogP contribution is -2.42. The first-order valence-corrected chi connectivity index (χ1v) is 9.90. The van der Waals surface area contributed by atoms with Crippen molar-refractivity contribution in [2.24, 2.45) is 5.41 Å². The van der Waals surface area contributed by atoms with E-state index in [-0.39, 0.29) is 5.56 Å². The molecule has 2 aliphatic heterocycles. The van der Waals surface area contributed by atoms with Gasteiger partial charge in [0.1, 0.15) is 0 Å². The van der Waals surface area contributed by atoms with Crippen LogP contribution in [-0.2, 0) is 4.74 Å².